The molecular weight excluding hydrogens is 488 g/mol. The van der Waals surface area contributed by atoms with Crippen molar-refractivity contribution in [3.8, 4) is 5.75 Å². The lowest BCUT2D eigenvalue weighted by Crippen LogP contribution is -2.42. The molecule has 1 unspecified atom stereocenters. The van der Waals surface area contributed by atoms with Crippen LogP contribution in [0.25, 0.3) is 20.9 Å². The number of nitrogens with two attached hydrogens (primary N) is 2. The van der Waals surface area contributed by atoms with Crippen molar-refractivity contribution in [2.75, 3.05) is 18.5 Å². The molecule has 4 rings (SSSR count). The molecule has 0 spiro atoms. The van der Waals surface area contributed by atoms with E-state index in [9.17, 15) is 14.4 Å². The number of unbranched alkanes of at least 4 members (excludes halogenated alkanes) is 1. The molecule has 3 aromatic carbocycles. The van der Waals surface area contributed by atoms with Crippen LogP contribution in [0, 0.1) is 0 Å². The third-order valence-corrected chi connectivity index (χ3v) is 6.93. The van der Waals surface area contributed by atoms with Gasteiger partial charge in [-0.25, -0.2) is 0 Å². The minimum Gasteiger partial charge on any atom is -0.491 e. The maximum Gasteiger partial charge on any atom is 0.237 e. The van der Waals surface area contributed by atoms with Crippen molar-refractivity contribution in [1.82, 2.24) is 5.32 Å². The number of nitrogens with one attached hydrogen (secondary N) is 2. The third kappa shape index (κ3) is 7.05. The van der Waals surface area contributed by atoms with Crippen LogP contribution in [0.5, 0.6) is 5.75 Å². The number of amides is 3. The number of carbonyl (C=O) groups is 3. The topological polar surface area (TPSA) is 137 Å². The Morgan fingerprint density at radius 3 is 2.49 bits per heavy atom. The molecule has 9 heteroatoms. The fourth-order valence-corrected chi connectivity index (χ4v) is 5.04. The van der Waals surface area contributed by atoms with Crippen LogP contribution >= 0.6 is 11.3 Å². The van der Waals surface area contributed by atoms with E-state index in [4.69, 9.17) is 16.2 Å². The zero-order valence-corrected chi connectivity index (χ0v) is 21.2. The van der Waals surface area contributed by atoms with Gasteiger partial charge in [-0.15, -0.1) is 11.3 Å². The predicted molar refractivity (Wildman–Crippen MR) is 148 cm³/mol. The van der Waals surface area contributed by atoms with Gasteiger partial charge in [0, 0.05) is 11.2 Å². The van der Waals surface area contributed by atoms with E-state index in [0.29, 0.717) is 43.9 Å². The number of fused-ring (bicyclic) bond motifs is 2. The molecule has 192 valence electrons. The van der Waals surface area contributed by atoms with Gasteiger partial charge in [-0.2, -0.15) is 0 Å². The van der Waals surface area contributed by atoms with Crippen LogP contribution in [-0.4, -0.2) is 36.9 Å². The number of benzene rings is 3. The summed E-state index contributed by atoms with van der Waals surface area (Å²) in [6, 6.07) is 18.9. The second-order valence-electron chi connectivity index (χ2n) is 8.80. The van der Waals surface area contributed by atoms with E-state index < -0.39 is 24.3 Å². The normalized spacial score (nSPS) is 11.8. The fourth-order valence-electron chi connectivity index (χ4n) is 4.06. The smallest absolute Gasteiger partial charge is 0.237 e. The second-order valence-corrected chi connectivity index (χ2v) is 9.71. The van der Waals surface area contributed by atoms with Crippen molar-refractivity contribution in [3.05, 3.63) is 71.6 Å². The summed E-state index contributed by atoms with van der Waals surface area (Å²) in [6.07, 6.45) is 1.48. The van der Waals surface area contributed by atoms with Crippen molar-refractivity contribution >= 4 is 55.6 Å². The standard InChI is InChI=1S/C28H30N4O4S/c29-22(13-20-17-37-25-10-4-3-9-21(20)25)28(35)31-11-5-6-12-36-24-15-19-8-2-1-7-18(19)14-23(24)32-27(34)16-26(30)33/h1-4,7-10,14-15,17,22H,5-6,11-13,16,29H2,(H2,30,33)(H,31,35)(H,32,34). The van der Waals surface area contributed by atoms with Gasteiger partial charge in [0.15, 0.2) is 0 Å². The lowest BCUT2D eigenvalue weighted by atomic mass is 10.1. The summed E-state index contributed by atoms with van der Waals surface area (Å²) in [5.74, 6) is -0.871. The maximum atomic E-state index is 12.5. The first-order valence-corrected chi connectivity index (χ1v) is 13.0. The highest BCUT2D eigenvalue weighted by atomic mass is 32.1. The summed E-state index contributed by atoms with van der Waals surface area (Å²) in [4.78, 5) is 35.6. The average Bonchev–Trinajstić information content (AvgIpc) is 3.28. The van der Waals surface area contributed by atoms with Gasteiger partial charge in [0.1, 0.15) is 12.2 Å². The molecule has 0 bridgehead atoms. The molecule has 37 heavy (non-hydrogen) atoms. The van der Waals surface area contributed by atoms with Crippen LogP contribution in [0.4, 0.5) is 5.69 Å². The SMILES string of the molecule is NC(=O)CC(=O)Nc1cc2ccccc2cc1OCCCCNC(=O)C(N)Cc1csc2ccccc12. The summed E-state index contributed by atoms with van der Waals surface area (Å²) in [7, 11) is 0. The fraction of sp³-hybridized carbons (Fsp3) is 0.250. The molecule has 0 aliphatic carbocycles. The molecule has 0 aliphatic heterocycles. The molecule has 6 N–H and O–H groups in total. The third-order valence-electron chi connectivity index (χ3n) is 5.92. The molecule has 1 atom stereocenters. The molecule has 0 saturated heterocycles. The quantitative estimate of drug-likeness (QED) is 0.167. The maximum absolute atomic E-state index is 12.5. The van der Waals surface area contributed by atoms with Gasteiger partial charge in [-0.1, -0.05) is 42.5 Å². The first-order valence-electron chi connectivity index (χ1n) is 12.1. The average molecular weight is 519 g/mol. The van der Waals surface area contributed by atoms with E-state index in [1.54, 1.807) is 11.3 Å². The Hall–Kier alpha value is -3.95. The van der Waals surface area contributed by atoms with Gasteiger partial charge in [0.25, 0.3) is 0 Å². The summed E-state index contributed by atoms with van der Waals surface area (Å²) in [5, 5.41) is 10.7. The van der Waals surface area contributed by atoms with Gasteiger partial charge in [-0.05, 0) is 64.6 Å². The second kappa shape index (κ2) is 12.3. The van der Waals surface area contributed by atoms with E-state index in [0.717, 1.165) is 21.7 Å². The Kier molecular flexibility index (Phi) is 8.71. The monoisotopic (exact) mass is 518 g/mol. The lowest BCUT2D eigenvalue weighted by molar-refractivity contribution is -0.125. The number of ether oxygens (including phenoxy) is 1. The molecule has 0 aliphatic rings. The summed E-state index contributed by atoms with van der Waals surface area (Å²) in [5.41, 5.74) is 12.8. The van der Waals surface area contributed by atoms with E-state index >= 15 is 0 Å². The van der Waals surface area contributed by atoms with Crippen LogP contribution in [0.2, 0.25) is 0 Å². The summed E-state index contributed by atoms with van der Waals surface area (Å²) >= 11 is 1.65. The Bertz CT molecular complexity index is 1420. The number of anilines is 1. The first-order chi connectivity index (χ1) is 17.9. The number of rotatable bonds is 12. The Balaban J connectivity index is 1.25. The molecule has 0 saturated carbocycles. The predicted octanol–water partition coefficient (Wildman–Crippen LogP) is 3.71. The summed E-state index contributed by atoms with van der Waals surface area (Å²) < 4.78 is 7.14. The number of hydrogen-bond acceptors (Lipinski definition) is 6. The largest absolute Gasteiger partial charge is 0.491 e. The van der Waals surface area contributed by atoms with Crippen LogP contribution in [0.15, 0.2) is 66.0 Å². The molecule has 3 amide bonds. The first kappa shape index (κ1) is 26.1. The zero-order valence-electron chi connectivity index (χ0n) is 20.4. The molecule has 0 radical (unpaired) electrons. The van der Waals surface area contributed by atoms with Crippen molar-refractivity contribution in [2.24, 2.45) is 11.5 Å². The van der Waals surface area contributed by atoms with Crippen molar-refractivity contribution < 1.29 is 19.1 Å². The van der Waals surface area contributed by atoms with Crippen molar-refractivity contribution in [1.29, 1.82) is 0 Å². The molecule has 1 aromatic heterocycles. The highest BCUT2D eigenvalue weighted by molar-refractivity contribution is 7.17. The number of thiophene rings is 1. The molecule has 4 aromatic rings. The van der Waals surface area contributed by atoms with Gasteiger partial charge >= 0.3 is 0 Å². The zero-order chi connectivity index (χ0) is 26.2. The lowest BCUT2D eigenvalue weighted by Gasteiger charge is -2.15. The Morgan fingerprint density at radius 2 is 1.70 bits per heavy atom. The Morgan fingerprint density at radius 1 is 0.973 bits per heavy atom. The molecule has 1 heterocycles. The van der Waals surface area contributed by atoms with Crippen LogP contribution in [0.1, 0.15) is 24.8 Å². The van der Waals surface area contributed by atoms with Crippen LogP contribution in [0.3, 0.4) is 0 Å². The number of primary amides is 1. The highest BCUT2D eigenvalue weighted by Crippen LogP contribution is 2.31. The molecular formula is C28H30N4O4S. The summed E-state index contributed by atoms with van der Waals surface area (Å²) in [6.45, 7) is 0.875. The van der Waals surface area contributed by atoms with E-state index in [-0.39, 0.29) is 5.91 Å². The minimum absolute atomic E-state index is 0.176. The highest BCUT2D eigenvalue weighted by Gasteiger charge is 2.16. The Labute approximate surface area is 219 Å². The van der Waals surface area contributed by atoms with Crippen LogP contribution < -0.4 is 26.8 Å². The van der Waals surface area contributed by atoms with Gasteiger partial charge in [0.05, 0.1) is 18.3 Å². The molecule has 8 nitrogen and oxygen atoms in total. The van der Waals surface area contributed by atoms with E-state index in [1.807, 2.05) is 48.5 Å². The minimum atomic E-state index is -0.703. The van der Waals surface area contributed by atoms with Crippen molar-refractivity contribution in [3.63, 3.8) is 0 Å². The van der Waals surface area contributed by atoms with Gasteiger partial charge in [-0.3, -0.25) is 14.4 Å². The number of hydrogen-bond donors (Lipinski definition) is 4. The molecule has 0 fully saturated rings. The number of carbonyl (C=O) groups excluding carboxylic acids is 3. The van der Waals surface area contributed by atoms with Crippen molar-refractivity contribution in [2.45, 2.75) is 31.7 Å². The van der Waals surface area contributed by atoms with Gasteiger partial charge in [0.2, 0.25) is 17.7 Å². The van der Waals surface area contributed by atoms with E-state index in [1.165, 1.54) is 4.70 Å². The van der Waals surface area contributed by atoms with Gasteiger partial charge < -0.3 is 26.8 Å². The van der Waals surface area contributed by atoms with Crippen LogP contribution in [-0.2, 0) is 20.8 Å². The van der Waals surface area contributed by atoms with E-state index in [2.05, 4.69) is 28.1 Å².